The maximum absolute atomic E-state index is 12.9. The van der Waals surface area contributed by atoms with Crippen LogP contribution in [0, 0.1) is 0 Å². The Kier molecular flexibility index (Phi) is 4.94. The van der Waals surface area contributed by atoms with Crippen molar-refractivity contribution >= 4 is 40.1 Å². The molecule has 1 heterocycles. The van der Waals surface area contributed by atoms with Gasteiger partial charge in [0.05, 0.1) is 28.4 Å². The molecule has 0 spiro atoms. The van der Waals surface area contributed by atoms with Crippen molar-refractivity contribution in [3.8, 4) is 17.0 Å². The molecule has 0 fully saturated rings. The highest BCUT2D eigenvalue weighted by Gasteiger charge is 2.23. The summed E-state index contributed by atoms with van der Waals surface area (Å²) in [4.78, 5) is 24.8. The van der Waals surface area contributed by atoms with E-state index in [1.165, 1.54) is 7.11 Å². The van der Waals surface area contributed by atoms with Gasteiger partial charge >= 0.3 is 5.97 Å². The first-order valence-corrected chi connectivity index (χ1v) is 8.57. The smallest absolute Gasteiger partial charge is 0.341 e. The molecule has 0 aliphatic carbocycles. The number of fused-ring (bicyclic) bond motifs is 1. The molecule has 2 aromatic carbocycles. The lowest BCUT2D eigenvalue weighted by Gasteiger charge is -2.19. The van der Waals surface area contributed by atoms with Crippen LogP contribution in [0.5, 0.6) is 5.75 Å². The summed E-state index contributed by atoms with van der Waals surface area (Å²) in [5.41, 5.74) is 0.511. The number of carboxylic acid groups (broad SMARTS) is 1. The number of pyridine rings is 1. The van der Waals surface area contributed by atoms with E-state index >= 15 is 0 Å². The second-order valence-electron chi connectivity index (χ2n) is 5.61. The Balaban J connectivity index is 2.53. The predicted octanol–water partition coefficient (Wildman–Crippen LogP) is 4.70. The number of nitrogens with zero attached hydrogens (tertiary/aromatic N) is 1. The van der Waals surface area contributed by atoms with Gasteiger partial charge in [-0.1, -0.05) is 29.3 Å². The molecule has 0 amide bonds. The first-order chi connectivity index (χ1) is 12.4. The van der Waals surface area contributed by atoms with Gasteiger partial charge in [0.1, 0.15) is 11.3 Å². The van der Waals surface area contributed by atoms with Gasteiger partial charge in [-0.15, -0.1) is 0 Å². The third-order valence-corrected chi connectivity index (χ3v) is 4.94. The minimum atomic E-state index is -1.30. The molecule has 0 aliphatic heterocycles. The normalized spacial score (nSPS) is 10.9. The predicted molar refractivity (Wildman–Crippen MR) is 103 cm³/mol. The summed E-state index contributed by atoms with van der Waals surface area (Å²) in [6.45, 7) is 2.32. The molecular formula is C19H15Cl2NO4. The number of methoxy groups -OCH3 is 1. The molecule has 1 aromatic heterocycles. The van der Waals surface area contributed by atoms with Gasteiger partial charge in [-0.2, -0.15) is 0 Å². The number of rotatable bonds is 4. The molecule has 0 unspecified atom stereocenters. The molecule has 134 valence electrons. The number of carbonyl (C=O) groups is 1. The van der Waals surface area contributed by atoms with Gasteiger partial charge in [-0.25, -0.2) is 4.79 Å². The number of ether oxygens (including phenoxy) is 1. The zero-order valence-corrected chi connectivity index (χ0v) is 15.6. The van der Waals surface area contributed by atoms with Crippen LogP contribution in [0.2, 0.25) is 10.0 Å². The first-order valence-electron chi connectivity index (χ1n) is 7.82. The molecule has 0 saturated carbocycles. The third-order valence-electron chi connectivity index (χ3n) is 4.20. The number of aromatic carboxylic acids is 1. The first kappa shape index (κ1) is 18.3. The fraction of sp³-hybridized carbons (Fsp3) is 0.158. The molecule has 26 heavy (non-hydrogen) atoms. The van der Waals surface area contributed by atoms with E-state index in [-0.39, 0.29) is 16.3 Å². The second kappa shape index (κ2) is 7.02. The van der Waals surface area contributed by atoms with E-state index in [0.717, 1.165) is 0 Å². The molecule has 1 N–H and O–H groups in total. The number of aryl methyl sites for hydroxylation is 1. The monoisotopic (exact) mass is 391 g/mol. The summed E-state index contributed by atoms with van der Waals surface area (Å²) in [7, 11) is 1.53. The molecule has 3 rings (SSSR count). The van der Waals surface area contributed by atoms with E-state index in [2.05, 4.69) is 0 Å². The molecule has 3 aromatic rings. The van der Waals surface area contributed by atoms with Crippen molar-refractivity contribution in [2.24, 2.45) is 0 Å². The molecule has 0 radical (unpaired) electrons. The number of hydrogen-bond donors (Lipinski definition) is 1. The summed E-state index contributed by atoms with van der Waals surface area (Å²) in [6.07, 6.45) is 0. The zero-order valence-electron chi connectivity index (χ0n) is 14.0. The van der Waals surface area contributed by atoms with Crippen LogP contribution >= 0.6 is 23.2 Å². The number of halogens is 2. The van der Waals surface area contributed by atoms with Crippen molar-refractivity contribution in [3.63, 3.8) is 0 Å². The molecular weight excluding hydrogens is 377 g/mol. The van der Waals surface area contributed by atoms with E-state index in [1.807, 2.05) is 6.92 Å². The van der Waals surface area contributed by atoms with Crippen molar-refractivity contribution in [2.75, 3.05) is 7.11 Å². The Labute approximate surface area is 159 Å². The van der Waals surface area contributed by atoms with Crippen molar-refractivity contribution in [1.82, 2.24) is 4.57 Å². The number of benzene rings is 2. The third kappa shape index (κ3) is 2.93. The Morgan fingerprint density at radius 3 is 2.46 bits per heavy atom. The molecule has 5 nitrogen and oxygen atoms in total. The number of aromatic nitrogens is 1. The highest BCUT2D eigenvalue weighted by Crippen LogP contribution is 2.32. The SMILES string of the molecule is CCn1c(-c2ccc(Cl)c(Cl)c2)c(C(=O)O)c(=O)c2ccc(OC)cc21. The van der Waals surface area contributed by atoms with E-state index < -0.39 is 11.4 Å². The van der Waals surface area contributed by atoms with E-state index in [1.54, 1.807) is 41.0 Å². The fourth-order valence-electron chi connectivity index (χ4n) is 3.02. The van der Waals surface area contributed by atoms with Gasteiger partial charge in [0.25, 0.3) is 0 Å². The molecule has 0 aliphatic rings. The molecule has 0 saturated heterocycles. The Morgan fingerprint density at radius 2 is 1.88 bits per heavy atom. The summed E-state index contributed by atoms with van der Waals surface area (Å²) in [5, 5.41) is 10.7. The highest BCUT2D eigenvalue weighted by molar-refractivity contribution is 6.42. The van der Waals surface area contributed by atoms with Crippen LogP contribution in [0.15, 0.2) is 41.2 Å². The lowest BCUT2D eigenvalue weighted by atomic mass is 10.0. The van der Waals surface area contributed by atoms with E-state index in [0.29, 0.717) is 33.8 Å². The Morgan fingerprint density at radius 1 is 1.15 bits per heavy atom. The van der Waals surface area contributed by atoms with Crippen molar-refractivity contribution in [3.05, 3.63) is 62.2 Å². The van der Waals surface area contributed by atoms with Gasteiger partial charge in [0.2, 0.25) is 5.43 Å². The number of hydrogen-bond acceptors (Lipinski definition) is 3. The standard InChI is InChI=1S/C19H15Cl2NO4/c1-3-22-15-9-11(26-2)5-6-12(15)18(23)16(19(24)25)17(22)10-4-7-13(20)14(21)8-10/h4-9H,3H2,1-2H3,(H,24,25). The maximum Gasteiger partial charge on any atom is 0.341 e. The molecule has 0 bridgehead atoms. The van der Waals surface area contributed by atoms with Crippen LogP contribution in [0.1, 0.15) is 17.3 Å². The minimum Gasteiger partial charge on any atom is -0.497 e. The summed E-state index contributed by atoms with van der Waals surface area (Å²) in [5.74, 6) is -0.724. The van der Waals surface area contributed by atoms with Gasteiger partial charge < -0.3 is 14.4 Å². The summed E-state index contributed by atoms with van der Waals surface area (Å²) in [6, 6.07) is 9.71. The van der Waals surface area contributed by atoms with Crippen molar-refractivity contribution in [1.29, 1.82) is 0 Å². The van der Waals surface area contributed by atoms with E-state index in [4.69, 9.17) is 27.9 Å². The summed E-state index contributed by atoms with van der Waals surface area (Å²) >= 11 is 12.1. The van der Waals surface area contributed by atoms with Crippen molar-refractivity contribution in [2.45, 2.75) is 13.5 Å². The lowest BCUT2D eigenvalue weighted by Crippen LogP contribution is -2.22. The quantitative estimate of drug-likeness (QED) is 0.699. The average molecular weight is 392 g/mol. The maximum atomic E-state index is 12.9. The van der Waals surface area contributed by atoms with Crippen LogP contribution in [-0.4, -0.2) is 22.8 Å². The Bertz CT molecular complexity index is 1090. The fourth-order valence-corrected chi connectivity index (χ4v) is 3.32. The van der Waals surface area contributed by atoms with Crippen LogP contribution < -0.4 is 10.2 Å². The van der Waals surface area contributed by atoms with E-state index in [9.17, 15) is 14.7 Å². The topological polar surface area (TPSA) is 68.5 Å². The van der Waals surface area contributed by atoms with Crippen LogP contribution in [-0.2, 0) is 6.54 Å². The lowest BCUT2D eigenvalue weighted by molar-refractivity contribution is 0.0696. The second-order valence-corrected chi connectivity index (χ2v) is 6.43. The highest BCUT2D eigenvalue weighted by atomic mass is 35.5. The van der Waals surface area contributed by atoms with Gasteiger partial charge in [-0.05, 0) is 31.2 Å². The largest absolute Gasteiger partial charge is 0.497 e. The van der Waals surface area contributed by atoms with Gasteiger partial charge in [0.15, 0.2) is 0 Å². The Hall–Kier alpha value is -2.50. The molecule has 7 heteroatoms. The van der Waals surface area contributed by atoms with Gasteiger partial charge in [-0.3, -0.25) is 4.79 Å². The van der Waals surface area contributed by atoms with Crippen LogP contribution in [0.4, 0.5) is 0 Å². The van der Waals surface area contributed by atoms with Crippen LogP contribution in [0.25, 0.3) is 22.2 Å². The van der Waals surface area contributed by atoms with Crippen molar-refractivity contribution < 1.29 is 14.6 Å². The average Bonchev–Trinajstić information content (AvgIpc) is 2.63. The summed E-state index contributed by atoms with van der Waals surface area (Å²) < 4.78 is 7.02. The number of carboxylic acids is 1. The molecule has 0 atom stereocenters. The van der Waals surface area contributed by atoms with Crippen LogP contribution in [0.3, 0.4) is 0 Å². The van der Waals surface area contributed by atoms with Gasteiger partial charge in [0, 0.05) is 23.6 Å². The minimum absolute atomic E-state index is 0.279. The zero-order chi connectivity index (χ0) is 19.0.